The summed E-state index contributed by atoms with van der Waals surface area (Å²) in [6, 6.07) is 3.58. The quantitative estimate of drug-likeness (QED) is 0.687. The van der Waals surface area contributed by atoms with E-state index in [1.54, 1.807) is 20.1 Å². The van der Waals surface area contributed by atoms with E-state index < -0.39 is 11.9 Å². The predicted molar refractivity (Wildman–Crippen MR) is 116 cm³/mol. The number of benzene rings is 1. The van der Waals surface area contributed by atoms with Crippen LogP contribution < -0.4 is 19.5 Å². The van der Waals surface area contributed by atoms with Gasteiger partial charge in [0, 0.05) is 29.0 Å². The maximum absolute atomic E-state index is 13.4. The van der Waals surface area contributed by atoms with E-state index in [9.17, 15) is 9.59 Å². The molecule has 2 aliphatic rings. The fraction of sp³-hybridized carbons (Fsp3) is 0.500. The maximum Gasteiger partial charge on any atom is 0.336 e. The Bertz CT molecular complexity index is 973. The molecule has 1 atom stereocenters. The van der Waals surface area contributed by atoms with Crippen molar-refractivity contribution in [2.45, 2.75) is 46.5 Å². The third-order valence-corrected chi connectivity index (χ3v) is 5.78. The van der Waals surface area contributed by atoms with Crippen LogP contribution in [0.4, 0.5) is 0 Å². The van der Waals surface area contributed by atoms with Crippen molar-refractivity contribution >= 4 is 11.8 Å². The molecule has 0 spiro atoms. The van der Waals surface area contributed by atoms with Gasteiger partial charge < -0.3 is 24.3 Å². The van der Waals surface area contributed by atoms with Gasteiger partial charge in [0.05, 0.1) is 39.4 Å². The number of ketones is 1. The Morgan fingerprint density at radius 1 is 1.10 bits per heavy atom. The molecule has 1 heterocycles. The second-order valence-electron chi connectivity index (χ2n) is 8.57. The minimum Gasteiger partial charge on any atom is -0.493 e. The molecule has 31 heavy (non-hydrogen) atoms. The summed E-state index contributed by atoms with van der Waals surface area (Å²) >= 11 is 0. The molecule has 0 amide bonds. The number of nitrogens with one attached hydrogen (secondary N) is 1. The summed E-state index contributed by atoms with van der Waals surface area (Å²) in [5.74, 6) is 0.253. The first-order chi connectivity index (χ1) is 14.7. The van der Waals surface area contributed by atoms with Crippen LogP contribution in [0.3, 0.4) is 0 Å². The average molecular weight is 430 g/mol. The summed E-state index contributed by atoms with van der Waals surface area (Å²) in [5.41, 5.74) is 2.98. The fourth-order valence-electron chi connectivity index (χ4n) is 4.58. The molecule has 1 aromatic carbocycles. The van der Waals surface area contributed by atoms with E-state index in [-0.39, 0.29) is 17.8 Å². The van der Waals surface area contributed by atoms with Crippen molar-refractivity contribution in [3.8, 4) is 17.2 Å². The number of allylic oxidation sites excluding steroid dienone is 3. The molecule has 7 nitrogen and oxygen atoms in total. The third kappa shape index (κ3) is 4.01. The van der Waals surface area contributed by atoms with E-state index >= 15 is 0 Å². The molecule has 3 rings (SSSR count). The molecule has 1 aliphatic heterocycles. The normalized spacial score (nSPS) is 20.1. The van der Waals surface area contributed by atoms with Gasteiger partial charge in [-0.1, -0.05) is 19.9 Å². The summed E-state index contributed by atoms with van der Waals surface area (Å²) in [6.07, 6.45) is 1.10. The highest BCUT2D eigenvalue weighted by atomic mass is 16.5. The van der Waals surface area contributed by atoms with Crippen LogP contribution in [0.1, 0.15) is 52.0 Å². The minimum absolute atomic E-state index is 0.00915. The van der Waals surface area contributed by atoms with Crippen molar-refractivity contribution < 1.29 is 28.5 Å². The van der Waals surface area contributed by atoms with Crippen LogP contribution in [0.25, 0.3) is 0 Å². The smallest absolute Gasteiger partial charge is 0.336 e. The number of carbonyl (C=O) groups excluding carboxylic acids is 2. The van der Waals surface area contributed by atoms with E-state index in [0.29, 0.717) is 52.5 Å². The topological polar surface area (TPSA) is 83.1 Å². The van der Waals surface area contributed by atoms with Gasteiger partial charge in [0.2, 0.25) is 5.75 Å². The van der Waals surface area contributed by atoms with Crippen molar-refractivity contribution in [1.82, 2.24) is 5.32 Å². The SMILES string of the molecule is CCOC(=O)C1=C(C)NC2=C(C(=O)CC(C)(C)C2)[C@H]1c1ccc(OC)c(OC)c1OC. The van der Waals surface area contributed by atoms with E-state index in [0.717, 1.165) is 5.70 Å². The van der Waals surface area contributed by atoms with Crippen molar-refractivity contribution in [2.75, 3.05) is 27.9 Å². The molecule has 0 aromatic heterocycles. The molecular formula is C24H31NO6. The lowest BCUT2D eigenvalue weighted by Crippen LogP contribution is -2.38. The molecule has 7 heteroatoms. The standard InChI is InChI=1S/C24H31NO6/c1-8-31-23(27)18-13(2)25-15-11-24(3,4)12-16(26)20(15)19(18)14-9-10-17(28-5)22(30-7)21(14)29-6/h9-10,19,25H,8,11-12H2,1-7H3/t19-/m0/s1. The molecule has 1 aromatic rings. The second kappa shape index (κ2) is 8.65. The van der Waals surface area contributed by atoms with Crippen molar-refractivity contribution in [3.05, 3.63) is 40.2 Å². The van der Waals surface area contributed by atoms with Gasteiger partial charge in [0.1, 0.15) is 0 Å². The number of Topliss-reactive ketones (excluding diaryl/α,β-unsaturated/α-hetero) is 1. The first kappa shape index (κ1) is 22.7. The lowest BCUT2D eigenvalue weighted by Gasteiger charge is -2.39. The van der Waals surface area contributed by atoms with E-state index in [4.69, 9.17) is 18.9 Å². The highest BCUT2D eigenvalue weighted by Gasteiger charge is 2.44. The molecule has 168 valence electrons. The first-order valence-corrected chi connectivity index (χ1v) is 10.4. The Morgan fingerprint density at radius 2 is 1.77 bits per heavy atom. The molecule has 0 saturated carbocycles. The van der Waals surface area contributed by atoms with Gasteiger partial charge in [-0.05, 0) is 31.7 Å². The second-order valence-corrected chi connectivity index (χ2v) is 8.57. The van der Waals surface area contributed by atoms with Crippen molar-refractivity contribution in [1.29, 1.82) is 0 Å². The summed E-state index contributed by atoms with van der Waals surface area (Å²) in [7, 11) is 4.60. The van der Waals surface area contributed by atoms with Gasteiger partial charge in [-0.15, -0.1) is 0 Å². The number of ether oxygens (including phenoxy) is 4. The zero-order valence-corrected chi connectivity index (χ0v) is 19.3. The molecule has 0 fully saturated rings. The van der Waals surface area contributed by atoms with Gasteiger partial charge in [-0.25, -0.2) is 4.79 Å². The Kier molecular flexibility index (Phi) is 6.34. The minimum atomic E-state index is -0.631. The number of hydrogen-bond donors (Lipinski definition) is 1. The Labute approximate surface area is 183 Å². The zero-order valence-electron chi connectivity index (χ0n) is 19.3. The van der Waals surface area contributed by atoms with Crippen LogP contribution in [0.15, 0.2) is 34.7 Å². The fourth-order valence-corrected chi connectivity index (χ4v) is 4.58. The predicted octanol–water partition coefficient (Wildman–Crippen LogP) is 3.88. The molecule has 1 N–H and O–H groups in total. The number of dihydropyridines is 1. The third-order valence-electron chi connectivity index (χ3n) is 5.78. The number of carbonyl (C=O) groups is 2. The van der Waals surface area contributed by atoms with Crippen LogP contribution in [-0.4, -0.2) is 39.7 Å². The number of rotatable bonds is 6. The Balaban J connectivity index is 2.30. The monoisotopic (exact) mass is 429 g/mol. The number of methoxy groups -OCH3 is 3. The van der Waals surface area contributed by atoms with Crippen LogP contribution in [0.2, 0.25) is 0 Å². The molecule has 0 unspecified atom stereocenters. The number of hydrogen-bond acceptors (Lipinski definition) is 7. The van der Waals surface area contributed by atoms with Crippen LogP contribution in [0.5, 0.6) is 17.2 Å². The van der Waals surface area contributed by atoms with Gasteiger partial charge in [-0.2, -0.15) is 0 Å². The molecular weight excluding hydrogens is 398 g/mol. The average Bonchev–Trinajstić information content (AvgIpc) is 2.70. The van der Waals surface area contributed by atoms with Gasteiger partial charge >= 0.3 is 5.97 Å². The molecule has 0 radical (unpaired) electrons. The largest absolute Gasteiger partial charge is 0.493 e. The lowest BCUT2D eigenvalue weighted by molar-refractivity contribution is -0.138. The number of esters is 1. The Hall–Kier alpha value is -2.96. The summed E-state index contributed by atoms with van der Waals surface area (Å²) in [6.45, 7) is 7.97. The summed E-state index contributed by atoms with van der Waals surface area (Å²) < 4.78 is 22.0. The molecule has 0 bridgehead atoms. The Morgan fingerprint density at radius 3 is 2.35 bits per heavy atom. The van der Waals surface area contributed by atoms with Crippen LogP contribution in [-0.2, 0) is 14.3 Å². The van der Waals surface area contributed by atoms with Gasteiger partial charge in [0.25, 0.3) is 0 Å². The van der Waals surface area contributed by atoms with E-state index in [1.165, 1.54) is 14.2 Å². The van der Waals surface area contributed by atoms with Crippen LogP contribution >= 0.6 is 0 Å². The maximum atomic E-state index is 13.4. The summed E-state index contributed by atoms with van der Waals surface area (Å²) in [5, 5.41) is 3.32. The van der Waals surface area contributed by atoms with Gasteiger partial charge in [0.15, 0.2) is 17.3 Å². The van der Waals surface area contributed by atoms with E-state index in [1.807, 2.05) is 13.0 Å². The van der Waals surface area contributed by atoms with Crippen molar-refractivity contribution in [2.24, 2.45) is 5.41 Å². The van der Waals surface area contributed by atoms with Crippen LogP contribution in [0, 0.1) is 5.41 Å². The highest BCUT2D eigenvalue weighted by molar-refractivity contribution is 6.04. The summed E-state index contributed by atoms with van der Waals surface area (Å²) in [4.78, 5) is 26.4. The van der Waals surface area contributed by atoms with Crippen molar-refractivity contribution in [3.63, 3.8) is 0 Å². The molecule has 1 aliphatic carbocycles. The molecule has 0 saturated heterocycles. The highest BCUT2D eigenvalue weighted by Crippen LogP contribution is 2.51. The zero-order chi connectivity index (χ0) is 22.9. The first-order valence-electron chi connectivity index (χ1n) is 10.4. The lowest BCUT2D eigenvalue weighted by atomic mass is 9.68. The van der Waals surface area contributed by atoms with E-state index in [2.05, 4.69) is 19.2 Å². The van der Waals surface area contributed by atoms with Gasteiger partial charge in [-0.3, -0.25) is 4.79 Å².